The Balaban J connectivity index is 1.74. The Labute approximate surface area is 125 Å². The molecule has 3 N–H and O–H groups in total. The molecule has 0 aliphatic carbocycles. The highest BCUT2D eigenvalue weighted by atomic mass is 16.1. The van der Waals surface area contributed by atoms with Gasteiger partial charge in [-0.15, -0.1) is 0 Å². The molecule has 21 heavy (non-hydrogen) atoms. The summed E-state index contributed by atoms with van der Waals surface area (Å²) in [6, 6.07) is 5.89. The van der Waals surface area contributed by atoms with Gasteiger partial charge in [0.05, 0.1) is 6.54 Å². The molecule has 0 saturated carbocycles. The van der Waals surface area contributed by atoms with Crippen LogP contribution in [0.15, 0.2) is 18.2 Å². The third kappa shape index (κ3) is 4.86. The molecule has 1 aromatic carbocycles. The van der Waals surface area contributed by atoms with E-state index in [0.29, 0.717) is 13.1 Å². The van der Waals surface area contributed by atoms with Crippen molar-refractivity contribution < 1.29 is 9.59 Å². The zero-order chi connectivity index (χ0) is 15.1. The Kier molecular flexibility index (Phi) is 5.75. The van der Waals surface area contributed by atoms with Crippen molar-refractivity contribution in [1.82, 2.24) is 10.6 Å². The fourth-order valence-electron chi connectivity index (χ4n) is 2.43. The number of carbonyl (C=O) groups is 2. The molecule has 1 aromatic rings. The molecule has 1 aliphatic heterocycles. The Morgan fingerprint density at radius 2 is 2.14 bits per heavy atom. The summed E-state index contributed by atoms with van der Waals surface area (Å²) in [7, 11) is 0. The molecule has 114 valence electrons. The first-order valence-corrected chi connectivity index (χ1v) is 7.52. The lowest BCUT2D eigenvalue weighted by atomic mass is 9.99. The molecular formula is C16H23N3O2. The Morgan fingerprint density at radius 3 is 2.95 bits per heavy atom. The van der Waals surface area contributed by atoms with Gasteiger partial charge in [-0.1, -0.05) is 0 Å². The average molecular weight is 289 g/mol. The van der Waals surface area contributed by atoms with E-state index in [9.17, 15) is 9.59 Å². The summed E-state index contributed by atoms with van der Waals surface area (Å²) >= 11 is 0. The molecule has 0 unspecified atom stereocenters. The maximum absolute atomic E-state index is 12.1. The van der Waals surface area contributed by atoms with Crippen molar-refractivity contribution in [2.24, 2.45) is 0 Å². The molecule has 1 amide bonds. The number of Topliss-reactive ketones (excluding diaryl/α,β-unsaturated/α-hetero) is 1. The van der Waals surface area contributed by atoms with Crippen molar-refractivity contribution in [2.45, 2.75) is 26.2 Å². The first-order chi connectivity index (χ1) is 10.2. The third-order valence-electron chi connectivity index (χ3n) is 3.56. The van der Waals surface area contributed by atoms with Gasteiger partial charge >= 0.3 is 0 Å². The van der Waals surface area contributed by atoms with Crippen molar-refractivity contribution in [2.75, 3.05) is 31.5 Å². The molecule has 0 atom stereocenters. The van der Waals surface area contributed by atoms with E-state index in [4.69, 9.17) is 0 Å². The van der Waals surface area contributed by atoms with Gasteiger partial charge in [-0.05, 0) is 49.6 Å². The van der Waals surface area contributed by atoms with Crippen molar-refractivity contribution in [1.29, 1.82) is 0 Å². The predicted molar refractivity (Wildman–Crippen MR) is 83.8 cm³/mol. The second kappa shape index (κ2) is 7.78. The van der Waals surface area contributed by atoms with E-state index < -0.39 is 0 Å². The van der Waals surface area contributed by atoms with Crippen LogP contribution in [0, 0.1) is 0 Å². The van der Waals surface area contributed by atoms with Crippen LogP contribution in [0.2, 0.25) is 0 Å². The van der Waals surface area contributed by atoms with Gasteiger partial charge in [0.1, 0.15) is 0 Å². The van der Waals surface area contributed by atoms with E-state index in [1.165, 1.54) is 12.5 Å². The summed E-state index contributed by atoms with van der Waals surface area (Å²) < 4.78 is 0. The first kappa shape index (κ1) is 15.5. The highest BCUT2D eigenvalue weighted by Gasteiger charge is 2.12. The predicted octanol–water partition coefficient (Wildman–Crippen LogP) is 1.34. The molecule has 1 aliphatic rings. The first-order valence-electron chi connectivity index (χ1n) is 7.52. The molecule has 0 saturated heterocycles. The molecular weight excluding hydrogens is 266 g/mol. The van der Waals surface area contributed by atoms with Crippen LogP contribution in [0.5, 0.6) is 0 Å². The minimum absolute atomic E-state index is 0.0197. The normalized spacial score (nSPS) is 13.2. The third-order valence-corrected chi connectivity index (χ3v) is 3.56. The Bertz CT molecular complexity index is 514. The summed E-state index contributed by atoms with van der Waals surface area (Å²) in [5, 5.41) is 9.19. The second-order valence-electron chi connectivity index (χ2n) is 5.34. The monoisotopic (exact) mass is 289 g/mol. The standard InChI is InChI=1S/C16H23N3O2/c1-12(20)18-9-3-7-17-11-16(21)14-5-6-15-13(10-14)4-2-8-19-15/h5-6,10,17,19H,2-4,7-9,11H2,1H3,(H,18,20). The molecule has 0 bridgehead atoms. The van der Waals surface area contributed by atoms with E-state index >= 15 is 0 Å². The average Bonchev–Trinajstić information content (AvgIpc) is 2.49. The number of ketones is 1. The Hall–Kier alpha value is -1.88. The van der Waals surface area contributed by atoms with E-state index in [1.54, 1.807) is 0 Å². The van der Waals surface area contributed by atoms with Crippen LogP contribution in [0.3, 0.4) is 0 Å². The van der Waals surface area contributed by atoms with Crippen LogP contribution < -0.4 is 16.0 Å². The van der Waals surface area contributed by atoms with Gasteiger partial charge in [0.15, 0.2) is 5.78 Å². The molecule has 0 radical (unpaired) electrons. The van der Waals surface area contributed by atoms with Crippen molar-refractivity contribution in [3.63, 3.8) is 0 Å². The maximum Gasteiger partial charge on any atom is 0.216 e. The van der Waals surface area contributed by atoms with Gasteiger partial charge in [0, 0.05) is 31.3 Å². The van der Waals surface area contributed by atoms with Crippen LogP contribution in [0.1, 0.15) is 35.7 Å². The topological polar surface area (TPSA) is 70.2 Å². The zero-order valence-corrected chi connectivity index (χ0v) is 12.5. The van der Waals surface area contributed by atoms with Gasteiger partial charge in [0.25, 0.3) is 0 Å². The van der Waals surface area contributed by atoms with E-state index in [0.717, 1.165) is 43.6 Å². The zero-order valence-electron chi connectivity index (χ0n) is 12.5. The highest BCUT2D eigenvalue weighted by Crippen LogP contribution is 2.22. The lowest BCUT2D eigenvalue weighted by Gasteiger charge is -2.18. The molecule has 5 heteroatoms. The number of hydrogen-bond donors (Lipinski definition) is 3. The van der Waals surface area contributed by atoms with Crippen molar-refractivity contribution >= 4 is 17.4 Å². The summed E-state index contributed by atoms with van der Waals surface area (Å²) in [4.78, 5) is 22.8. The molecule has 1 heterocycles. The molecule has 0 fully saturated rings. The Morgan fingerprint density at radius 1 is 1.29 bits per heavy atom. The number of nitrogens with one attached hydrogen (secondary N) is 3. The summed E-state index contributed by atoms with van der Waals surface area (Å²) in [6.07, 6.45) is 2.97. The molecule has 0 spiro atoms. The largest absolute Gasteiger partial charge is 0.385 e. The molecule has 5 nitrogen and oxygen atoms in total. The van der Waals surface area contributed by atoms with Crippen molar-refractivity contribution in [3.8, 4) is 0 Å². The quantitative estimate of drug-likeness (QED) is 0.523. The number of fused-ring (bicyclic) bond motifs is 1. The SMILES string of the molecule is CC(=O)NCCCNCC(=O)c1ccc2c(c1)CCCN2. The minimum Gasteiger partial charge on any atom is -0.385 e. The fourth-order valence-corrected chi connectivity index (χ4v) is 2.43. The summed E-state index contributed by atoms with van der Waals surface area (Å²) in [5.74, 6) is 0.0941. The molecule has 2 rings (SSSR count). The van der Waals surface area contributed by atoms with Gasteiger partial charge in [-0.25, -0.2) is 0 Å². The van der Waals surface area contributed by atoms with E-state index in [2.05, 4.69) is 16.0 Å². The van der Waals surface area contributed by atoms with E-state index in [1.807, 2.05) is 18.2 Å². The second-order valence-corrected chi connectivity index (χ2v) is 5.34. The van der Waals surface area contributed by atoms with Crippen LogP contribution in [0.4, 0.5) is 5.69 Å². The number of benzene rings is 1. The number of rotatable bonds is 7. The van der Waals surface area contributed by atoms with Crippen LogP contribution >= 0.6 is 0 Å². The highest BCUT2D eigenvalue weighted by molar-refractivity contribution is 5.98. The number of anilines is 1. The van der Waals surface area contributed by atoms with Gasteiger partial charge in [-0.2, -0.15) is 0 Å². The number of aryl methyl sites for hydroxylation is 1. The van der Waals surface area contributed by atoms with Crippen LogP contribution in [-0.2, 0) is 11.2 Å². The van der Waals surface area contributed by atoms with Crippen LogP contribution in [0.25, 0.3) is 0 Å². The number of carbonyl (C=O) groups excluding carboxylic acids is 2. The minimum atomic E-state index is -0.0197. The lowest BCUT2D eigenvalue weighted by Crippen LogP contribution is -2.28. The maximum atomic E-state index is 12.1. The van der Waals surface area contributed by atoms with Gasteiger partial charge in [0.2, 0.25) is 5.91 Å². The summed E-state index contributed by atoms with van der Waals surface area (Å²) in [6.45, 7) is 4.21. The van der Waals surface area contributed by atoms with Crippen LogP contribution in [-0.4, -0.2) is 37.9 Å². The van der Waals surface area contributed by atoms with E-state index in [-0.39, 0.29) is 11.7 Å². The summed E-state index contributed by atoms with van der Waals surface area (Å²) in [5.41, 5.74) is 3.16. The lowest BCUT2D eigenvalue weighted by molar-refractivity contribution is -0.118. The van der Waals surface area contributed by atoms with Gasteiger partial charge < -0.3 is 16.0 Å². The molecule has 0 aromatic heterocycles. The van der Waals surface area contributed by atoms with Crippen molar-refractivity contribution in [3.05, 3.63) is 29.3 Å². The number of amides is 1. The fraction of sp³-hybridized carbons (Fsp3) is 0.500. The smallest absolute Gasteiger partial charge is 0.216 e. The number of hydrogen-bond acceptors (Lipinski definition) is 4. The van der Waals surface area contributed by atoms with Gasteiger partial charge in [-0.3, -0.25) is 9.59 Å².